The Bertz CT molecular complexity index is 180. The smallest absolute Gasteiger partial charge is 0.224 e. The summed E-state index contributed by atoms with van der Waals surface area (Å²) in [7, 11) is 0. The fraction of sp³-hybridized carbons (Fsp3) is 0.444. The third-order valence-corrected chi connectivity index (χ3v) is 1.26. The fourth-order valence-electron chi connectivity index (χ4n) is 0.639. The van der Waals surface area contributed by atoms with Gasteiger partial charge in [-0.3, -0.25) is 4.79 Å². The van der Waals surface area contributed by atoms with Crippen molar-refractivity contribution >= 4 is 5.91 Å². The van der Waals surface area contributed by atoms with Gasteiger partial charge in [-0.1, -0.05) is 19.1 Å². The zero-order valence-electron chi connectivity index (χ0n) is 7.35. The molecule has 0 spiro atoms. The van der Waals surface area contributed by atoms with E-state index >= 15 is 0 Å². The molecule has 62 valence electrons. The monoisotopic (exact) mass is 153 g/mol. The van der Waals surface area contributed by atoms with E-state index in [-0.39, 0.29) is 5.91 Å². The summed E-state index contributed by atoms with van der Waals surface area (Å²) in [5, 5.41) is 2.75. The first kappa shape index (κ1) is 9.95. The quantitative estimate of drug-likeness (QED) is 0.617. The zero-order chi connectivity index (χ0) is 8.69. The molecule has 0 heterocycles. The number of rotatable bonds is 3. The van der Waals surface area contributed by atoms with Crippen LogP contribution in [0.25, 0.3) is 0 Å². The second-order valence-electron chi connectivity index (χ2n) is 2.15. The molecule has 2 nitrogen and oxygen atoms in total. The summed E-state index contributed by atoms with van der Waals surface area (Å²) in [5.74, 6) is 0.0520. The Kier molecular flexibility index (Phi) is 5.17. The SMILES string of the molecule is CC=C(/C=C\C)NC(=O)CC. The standard InChI is InChI=1S/C9H15NO/c1-4-7-8(5-2)10-9(11)6-3/h4-5,7H,6H2,1-3H3,(H,10,11)/b7-4-,8-5?. The van der Waals surface area contributed by atoms with Crippen LogP contribution in [0.3, 0.4) is 0 Å². The van der Waals surface area contributed by atoms with Crippen molar-refractivity contribution in [2.45, 2.75) is 27.2 Å². The van der Waals surface area contributed by atoms with E-state index in [1.165, 1.54) is 0 Å². The molecule has 0 fully saturated rings. The molecule has 0 rings (SSSR count). The van der Waals surface area contributed by atoms with E-state index in [2.05, 4.69) is 5.32 Å². The van der Waals surface area contributed by atoms with Crippen molar-refractivity contribution in [2.24, 2.45) is 0 Å². The predicted octanol–water partition coefficient (Wildman–Crippen LogP) is 1.99. The van der Waals surface area contributed by atoms with Gasteiger partial charge in [0, 0.05) is 12.1 Å². The van der Waals surface area contributed by atoms with Crippen molar-refractivity contribution in [3.63, 3.8) is 0 Å². The molecule has 0 aromatic rings. The summed E-state index contributed by atoms with van der Waals surface area (Å²) in [4.78, 5) is 10.9. The highest BCUT2D eigenvalue weighted by Crippen LogP contribution is 1.91. The first-order valence-electron chi connectivity index (χ1n) is 3.83. The molecule has 0 saturated carbocycles. The van der Waals surface area contributed by atoms with Gasteiger partial charge < -0.3 is 5.32 Å². The van der Waals surface area contributed by atoms with Gasteiger partial charge in [0.05, 0.1) is 0 Å². The molecule has 0 aliphatic carbocycles. The van der Waals surface area contributed by atoms with Gasteiger partial charge in [0.25, 0.3) is 0 Å². The van der Waals surface area contributed by atoms with E-state index in [1.54, 1.807) is 0 Å². The van der Waals surface area contributed by atoms with Gasteiger partial charge in [-0.15, -0.1) is 0 Å². The summed E-state index contributed by atoms with van der Waals surface area (Å²) >= 11 is 0. The van der Waals surface area contributed by atoms with Gasteiger partial charge in [0.15, 0.2) is 0 Å². The molecular formula is C9H15NO. The molecule has 0 aromatic heterocycles. The Labute approximate surface area is 68.0 Å². The fourth-order valence-corrected chi connectivity index (χ4v) is 0.639. The van der Waals surface area contributed by atoms with Gasteiger partial charge in [-0.05, 0) is 19.9 Å². The van der Waals surface area contributed by atoms with Gasteiger partial charge in [-0.2, -0.15) is 0 Å². The van der Waals surface area contributed by atoms with Crippen molar-refractivity contribution < 1.29 is 4.79 Å². The average molecular weight is 153 g/mol. The van der Waals surface area contributed by atoms with Gasteiger partial charge in [0.2, 0.25) is 5.91 Å². The Morgan fingerprint density at radius 3 is 2.45 bits per heavy atom. The second kappa shape index (κ2) is 5.71. The topological polar surface area (TPSA) is 29.1 Å². The summed E-state index contributed by atoms with van der Waals surface area (Å²) in [6.07, 6.45) is 6.15. The van der Waals surface area contributed by atoms with Crippen LogP contribution in [0.15, 0.2) is 23.9 Å². The van der Waals surface area contributed by atoms with Crippen molar-refractivity contribution in [1.29, 1.82) is 0 Å². The minimum Gasteiger partial charge on any atom is -0.326 e. The van der Waals surface area contributed by atoms with Gasteiger partial charge in [0.1, 0.15) is 0 Å². The summed E-state index contributed by atoms with van der Waals surface area (Å²) in [6.45, 7) is 5.64. The molecule has 0 aliphatic heterocycles. The minimum absolute atomic E-state index is 0.0520. The lowest BCUT2D eigenvalue weighted by Gasteiger charge is -2.01. The largest absolute Gasteiger partial charge is 0.326 e. The molecule has 1 amide bonds. The molecule has 0 aromatic carbocycles. The van der Waals surface area contributed by atoms with Crippen LogP contribution >= 0.6 is 0 Å². The lowest BCUT2D eigenvalue weighted by molar-refractivity contribution is -0.120. The first-order chi connectivity index (χ1) is 5.24. The Morgan fingerprint density at radius 2 is 2.09 bits per heavy atom. The van der Waals surface area contributed by atoms with E-state index in [9.17, 15) is 4.79 Å². The van der Waals surface area contributed by atoms with E-state index < -0.39 is 0 Å². The van der Waals surface area contributed by atoms with Crippen LogP contribution in [-0.4, -0.2) is 5.91 Å². The maximum Gasteiger partial charge on any atom is 0.224 e. The van der Waals surface area contributed by atoms with Crippen molar-refractivity contribution in [1.82, 2.24) is 5.32 Å². The Hall–Kier alpha value is -1.05. The van der Waals surface area contributed by atoms with E-state index in [0.717, 1.165) is 5.70 Å². The summed E-state index contributed by atoms with van der Waals surface area (Å²) in [6, 6.07) is 0. The molecule has 11 heavy (non-hydrogen) atoms. The molecule has 0 atom stereocenters. The molecule has 0 aliphatic rings. The van der Waals surface area contributed by atoms with E-state index in [4.69, 9.17) is 0 Å². The van der Waals surface area contributed by atoms with Crippen molar-refractivity contribution in [2.75, 3.05) is 0 Å². The lowest BCUT2D eigenvalue weighted by atomic mass is 10.3. The number of amides is 1. The summed E-state index contributed by atoms with van der Waals surface area (Å²) < 4.78 is 0. The van der Waals surface area contributed by atoms with Crippen LogP contribution in [0, 0.1) is 0 Å². The number of hydrogen-bond donors (Lipinski definition) is 1. The van der Waals surface area contributed by atoms with E-state index in [1.807, 2.05) is 39.0 Å². The van der Waals surface area contributed by atoms with Crippen LogP contribution in [0.4, 0.5) is 0 Å². The third kappa shape index (κ3) is 4.37. The molecular weight excluding hydrogens is 138 g/mol. The van der Waals surface area contributed by atoms with E-state index in [0.29, 0.717) is 6.42 Å². The highest BCUT2D eigenvalue weighted by molar-refractivity contribution is 5.77. The highest BCUT2D eigenvalue weighted by Gasteiger charge is 1.95. The predicted molar refractivity (Wildman–Crippen MR) is 47.0 cm³/mol. The van der Waals surface area contributed by atoms with Crippen LogP contribution in [0.2, 0.25) is 0 Å². The average Bonchev–Trinajstić information content (AvgIpc) is 2.03. The maximum absolute atomic E-state index is 10.9. The molecule has 2 heteroatoms. The molecule has 0 saturated heterocycles. The third-order valence-electron chi connectivity index (χ3n) is 1.26. The normalized spacial score (nSPS) is 12.1. The van der Waals surface area contributed by atoms with Crippen molar-refractivity contribution in [3.05, 3.63) is 23.9 Å². The molecule has 1 N–H and O–H groups in total. The van der Waals surface area contributed by atoms with Crippen LogP contribution < -0.4 is 5.32 Å². The number of carbonyl (C=O) groups excluding carboxylic acids is 1. The molecule has 0 unspecified atom stereocenters. The Balaban J connectivity index is 4.00. The minimum atomic E-state index is 0.0520. The van der Waals surface area contributed by atoms with Crippen LogP contribution in [0.5, 0.6) is 0 Å². The highest BCUT2D eigenvalue weighted by atomic mass is 16.1. The van der Waals surface area contributed by atoms with Gasteiger partial charge >= 0.3 is 0 Å². The number of nitrogens with one attached hydrogen (secondary N) is 1. The van der Waals surface area contributed by atoms with Crippen LogP contribution in [0.1, 0.15) is 27.2 Å². The number of carbonyl (C=O) groups is 1. The number of allylic oxidation sites excluding steroid dienone is 3. The lowest BCUT2D eigenvalue weighted by Crippen LogP contribution is -2.20. The van der Waals surface area contributed by atoms with Crippen LogP contribution in [-0.2, 0) is 4.79 Å². The zero-order valence-corrected chi connectivity index (χ0v) is 7.35. The van der Waals surface area contributed by atoms with Crippen molar-refractivity contribution in [3.8, 4) is 0 Å². The molecule has 0 bridgehead atoms. The first-order valence-corrected chi connectivity index (χ1v) is 3.83. The summed E-state index contributed by atoms with van der Waals surface area (Å²) in [5.41, 5.74) is 0.861. The Morgan fingerprint density at radius 1 is 1.45 bits per heavy atom. The maximum atomic E-state index is 10.9. The number of hydrogen-bond acceptors (Lipinski definition) is 1. The molecule has 0 radical (unpaired) electrons. The second-order valence-corrected chi connectivity index (χ2v) is 2.15. The van der Waals surface area contributed by atoms with Gasteiger partial charge in [-0.25, -0.2) is 0 Å².